The van der Waals surface area contributed by atoms with Crippen LogP contribution in [0.2, 0.25) is 0 Å². The van der Waals surface area contributed by atoms with Gasteiger partial charge in [0, 0.05) is 23.7 Å². The van der Waals surface area contributed by atoms with E-state index in [9.17, 15) is 5.11 Å². The zero-order valence-corrected chi connectivity index (χ0v) is 11.4. The fourth-order valence-electron chi connectivity index (χ4n) is 2.78. The number of phenolic OH excluding ortho intramolecular Hbond substituents is 1. The van der Waals surface area contributed by atoms with E-state index in [-0.39, 0.29) is 5.75 Å². The van der Waals surface area contributed by atoms with E-state index < -0.39 is 0 Å². The topological polar surface area (TPSA) is 70.9 Å². The third-order valence-corrected chi connectivity index (χ3v) is 3.88. The molecule has 0 spiro atoms. The van der Waals surface area contributed by atoms with E-state index in [2.05, 4.69) is 20.5 Å². The number of hydrogen-bond acceptors (Lipinski definition) is 5. The molecule has 3 heterocycles. The molecule has 5 heteroatoms. The molecular weight excluding hydrogens is 264 g/mol. The Hall–Kier alpha value is -2.53. The van der Waals surface area contributed by atoms with Gasteiger partial charge >= 0.3 is 0 Å². The van der Waals surface area contributed by atoms with Gasteiger partial charge in [0.1, 0.15) is 5.75 Å². The highest BCUT2D eigenvalue weighted by atomic mass is 16.3. The Morgan fingerprint density at radius 2 is 2.05 bits per heavy atom. The van der Waals surface area contributed by atoms with Crippen molar-refractivity contribution >= 4 is 11.0 Å². The summed E-state index contributed by atoms with van der Waals surface area (Å²) in [7, 11) is 0. The number of para-hydroxylation sites is 1. The molecule has 0 fully saturated rings. The van der Waals surface area contributed by atoms with Crippen molar-refractivity contribution in [3.63, 3.8) is 0 Å². The monoisotopic (exact) mass is 278 g/mol. The van der Waals surface area contributed by atoms with Crippen LogP contribution in [0, 0.1) is 0 Å². The number of fused-ring (bicyclic) bond motifs is 3. The summed E-state index contributed by atoms with van der Waals surface area (Å²) in [6.07, 6.45) is 2.87. The van der Waals surface area contributed by atoms with Gasteiger partial charge in [0.25, 0.3) is 0 Å². The Kier molecular flexibility index (Phi) is 2.79. The molecule has 1 aliphatic heterocycles. The molecule has 1 aliphatic rings. The normalized spacial score (nSPS) is 14.1. The molecule has 1 aromatic carbocycles. The molecule has 0 amide bonds. The molecule has 2 N–H and O–H groups in total. The lowest BCUT2D eigenvalue weighted by Crippen LogP contribution is -2.24. The number of nitrogens with one attached hydrogen (secondary N) is 1. The minimum atomic E-state index is 0.210. The van der Waals surface area contributed by atoms with Crippen LogP contribution in [0.25, 0.3) is 22.3 Å². The van der Waals surface area contributed by atoms with E-state index >= 15 is 0 Å². The maximum Gasteiger partial charge on any atom is 0.182 e. The van der Waals surface area contributed by atoms with Gasteiger partial charge in [-0.25, -0.2) is 4.98 Å². The molecule has 3 aromatic rings. The first-order valence-corrected chi connectivity index (χ1v) is 6.96. The summed E-state index contributed by atoms with van der Waals surface area (Å²) in [6, 6.07) is 9.13. The van der Waals surface area contributed by atoms with Crippen LogP contribution in [0.15, 0.2) is 36.5 Å². The number of benzene rings is 1. The summed E-state index contributed by atoms with van der Waals surface area (Å²) >= 11 is 0. The third kappa shape index (κ3) is 2.02. The van der Waals surface area contributed by atoms with Crippen molar-refractivity contribution < 1.29 is 5.11 Å². The van der Waals surface area contributed by atoms with Crippen molar-refractivity contribution in [3.05, 3.63) is 47.7 Å². The van der Waals surface area contributed by atoms with Gasteiger partial charge in [-0.15, -0.1) is 10.2 Å². The van der Waals surface area contributed by atoms with Gasteiger partial charge in [-0.05, 0) is 42.3 Å². The molecule has 0 saturated carbocycles. The van der Waals surface area contributed by atoms with Gasteiger partial charge in [-0.3, -0.25) is 0 Å². The van der Waals surface area contributed by atoms with Crippen LogP contribution in [-0.2, 0) is 13.0 Å². The minimum absolute atomic E-state index is 0.210. The molecular formula is C16H14N4O. The molecule has 104 valence electrons. The molecule has 0 aliphatic carbocycles. The van der Waals surface area contributed by atoms with Crippen LogP contribution in [0.5, 0.6) is 5.75 Å². The van der Waals surface area contributed by atoms with Crippen LogP contribution in [0.3, 0.4) is 0 Å². The Morgan fingerprint density at radius 1 is 1.14 bits per heavy atom. The Labute approximate surface area is 121 Å². The van der Waals surface area contributed by atoms with Crippen molar-refractivity contribution in [2.75, 3.05) is 6.54 Å². The number of pyridine rings is 1. The second kappa shape index (κ2) is 4.79. The van der Waals surface area contributed by atoms with E-state index in [0.29, 0.717) is 16.9 Å². The second-order valence-corrected chi connectivity index (χ2v) is 5.17. The predicted octanol–water partition coefficient (Wildman–Crippen LogP) is 2.04. The summed E-state index contributed by atoms with van der Waals surface area (Å²) in [5.41, 5.74) is 4.50. The van der Waals surface area contributed by atoms with Gasteiger partial charge in [0.05, 0.1) is 5.69 Å². The smallest absolute Gasteiger partial charge is 0.182 e. The standard InChI is InChI=1S/C16H14N4O/c21-15-4-2-1-3-11(15)14-7-12-13-9-17-6-5-10(13)8-18-16(12)20-19-14/h1-4,7-8,17,21H,5-6,9H2. The van der Waals surface area contributed by atoms with Crippen LogP contribution >= 0.6 is 0 Å². The zero-order valence-electron chi connectivity index (χ0n) is 11.4. The summed E-state index contributed by atoms with van der Waals surface area (Å²) in [4.78, 5) is 4.39. The molecule has 0 saturated heterocycles. The number of hydrogen-bond donors (Lipinski definition) is 2. The molecule has 0 atom stereocenters. The Morgan fingerprint density at radius 3 is 2.95 bits per heavy atom. The highest BCUT2D eigenvalue weighted by Gasteiger charge is 2.15. The third-order valence-electron chi connectivity index (χ3n) is 3.88. The number of aromatic hydroxyl groups is 1. The van der Waals surface area contributed by atoms with E-state index in [1.807, 2.05) is 24.4 Å². The number of phenols is 1. The largest absolute Gasteiger partial charge is 0.507 e. The maximum atomic E-state index is 9.98. The van der Waals surface area contributed by atoms with Crippen molar-refractivity contribution in [2.24, 2.45) is 0 Å². The van der Waals surface area contributed by atoms with Crippen molar-refractivity contribution in [1.29, 1.82) is 0 Å². The molecule has 5 nitrogen and oxygen atoms in total. The first-order chi connectivity index (χ1) is 10.3. The lowest BCUT2D eigenvalue weighted by atomic mass is 9.99. The zero-order chi connectivity index (χ0) is 14.2. The first-order valence-electron chi connectivity index (χ1n) is 6.96. The van der Waals surface area contributed by atoms with Crippen molar-refractivity contribution in [3.8, 4) is 17.0 Å². The molecule has 4 rings (SSSR count). The van der Waals surface area contributed by atoms with Gasteiger partial charge in [0.15, 0.2) is 5.65 Å². The van der Waals surface area contributed by atoms with E-state index in [1.54, 1.807) is 12.1 Å². The maximum absolute atomic E-state index is 9.98. The van der Waals surface area contributed by atoms with Crippen LogP contribution in [-0.4, -0.2) is 26.8 Å². The van der Waals surface area contributed by atoms with Gasteiger partial charge in [0.2, 0.25) is 0 Å². The second-order valence-electron chi connectivity index (χ2n) is 5.17. The lowest BCUT2D eigenvalue weighted by Gasteiger charge is -2.18. The van der Waals surface area contributed by atoms with Crippen molar-refractivity contribution in [2.45, 2.75) is 13.0 Å². The quantitative estimate of drug-likeness (QED) is 0.713. The Bertz CT molecular complexity index is 832. The predicted molar refractivity (Wildman–Crippen MR) is 79.8 cm³/mol. The van der Waals surface area contributed by atoms with E-state index in [4.69, 9.17) is 0 Å². The van der Waals surface area contributed by atoms with E-state index in [0.717, 1.165) is 24.9 Å². The summed E-state index contributed by atoms with van der Waals surface area (Å²) in [5.74, 6) is 0.210. The highest BCUT2D eigenvalue weighted by Crippen LogP contribution is 2.30. The average molecular weight is 278 g/mol. The van der Waals surface area contributed by atoms with Crippen LogP contribution in [0.1, 0.15) is 11.1 Å². The van der Waals surface area contributed by atoms with Crippen LogP contribution < -0.4 is 5.32 Å². The fraction of sp³-hybridized carbons (Fsp3) is 0.188. The number of nitrogens with zero attached hydrogens (tertiary/aromatic N) is 3. The van der Waals surface area contributed by atoms with Gasteiger partial charge in [-0.1, -0.05) is 12.1 Å². The first kappa shape index (κ1) is 12.2. The van der Waals surface area contributed by atoms with Crippen molar-refractivity contribution in [1.82, 2.24) is 20.5 Å². The van der Waals surface area contributed by atoms with Gasteiger partial charge < -0.3 is 10.4 Å². The average Bonchev–Trinajstić information content (AvgIpc) is 2.55. The van der Waals surface area contributed by atoms with E-state index in [1.165, 1.54) is 11.1 Å². The lowest BCUT2D eigenvalue weighted by molar-refractivity contribution is 0.477. The summed E-state index contributed by atoms with van der Waals surface area (Å²) in [6.45, 7) is 1.80. The molecule has 21 heavy (non-hydrogen) atoms. The molecule has 0 bridgehead atoms. The number of rotatable bonds is 1. The van der Waals surface area contributed by atoms with Gasteiger partial charge in [-0.2, -0.15) is 0 Å². The minimum Gasteiger partial charge on any atom is -0.507 e. The Balaban J connectivity index is 1.95. The molecule has 2 aromatic heterocycles. The number of aromatic nitrogens is 3. The fourth-order valence-corrected chi connectivity index (χ4v) is 2.78. The molecule has 0 unspecified atom stereocenters. The summed E-state index contributed by atoms with van der Waals surface area (Å²) < 4.78 is 0. The summed E-state index contributed by atoms with van der Waals surface area (Å²) in [5, 5.41) is 22.8. The molecule has 0 radical (unpaired) electrons. The van der Waals surface area contributed by atoms with Crippen LogP contribution in [0.4, 0.5) is 0 Å². The SMILES string of the molecule is Oc1ccccc1-c1cc2c3c(cnc2nn1)CCNC3. The highest BCUT2D eigenvalue weighted by molar-refractivity contribution is 5.84.